The molecule has 18 heavy (non-hydrogen) atoms. The summed E-state index contributed by atoms with van der Waals surface area (Å²) in [7, 11) is 0. The van der Waals surface area contributed by atoms with E-state index in [1.807, 2.05) is 0 Å². The number of rotatable bonds is 6. The topological polar surface area (TPSA) is 15.3 Å². The molecule has 1 aliphatic rings. The van der Waals surface area contributed by atoms with Crippen LogP contribution in [0.4, 0.5) is 0 Å². The van der Waals surface area contributed by atoms with Gasteiger partial charge in [-0.3, -0.25) is 4.90 Å². The van der Waals surface area contributed by atoms with Crippen molar-refractivity contribution < 1.29 is 0 Å². The van der Waals surface area contributed by atoms with E-state index < -0.39 is 0 Å². The number of nitrogens with one attached hydrogen (secondary N) is 1. The Balaban J connectivity index is 2.71. The van der Waals surface area contributed by atoms with Crippen LogP contribution in [0.25, 0.3) is 0 Å². The van der Waals surface area contributed by atoms with Gasteiger partial charge < -0.3 is 5.32 Å². The smallest absolute Gasteiger partial charge is 0.0304 e. The van der Waals surface area contributed by atoms with E-state index >= 15 is 0 Å². The zero-order valence-electron chi connectivity index (χ0n) is 12.4. The van der Waals surface area contributed by atoms with Gasteiger partial charge in [0.05, 0.1) is 0 Å². The maximum atomic E-state index is 5.69. The van der Waals surface area contributed by atoms with Crippen LogP contribution in [0, 0.1) is 5.92 Å². The highest BCUT2D eigenvalue weighted by atomic mass is 35.5. The number of hydrogen-bond acceptors (Lipinski definition) is 2. The van der Waals surface area contributed by atoms with Crippen LogP contribution in [0.5, 0.6) is 0 Å². The lowest BCUT2D eigenvalue weighted by Crippen LogP contribution is -2.63. The summed E-state index contributed by atoms with van der Waals surface area (Å²) in [6.07, 6.45) is 5.71. The Hall–Kier alpha value is -0.0500. The van der Waals surface area contributed by atoms with Crippen LogP contribution in [-0.2, 0) is 0 Å². The quantitative estimate of drug-likeness (QED) is 0.795. The van der Waals surface area contributed by atoms with Crippen molar-refractivity contribution in [2.24, 2.45) is 5.92 Å². The molecule has 0 bridgehead atoms. The first kappa shape index (κ1) is 16.0. The van der Waals surface area contributed by atoms with Gasteiger partial charge in [-0.2, -0.15) is 0 Å². The molecule has 3 heteroatoms. The summed E-state index contributed by atoms with van der Waals surface area (Å²) in [5, 5.41) is 3.80. The molecule has 0 aliphatic carbocycles. The van der Waals surface area contributed by atoms with Gasteiger partial charge in [-0.1, -0.05) is 45.4 Å². The third-order valence-electron chi connectivity index (χ3n) is 4.26. The first-order valence-corrected chi connectivity index (χ1v) is 7.74. The zero-order chi connectivity index (χ0) is 13.6. The van der Waals surface area contributed by atoms with Gasteiger partial charge in [0.2, 0.25) is 0 Å². The molecular formula is C15H29ClN2. The number of nitrogens with zero attached hydrogens (tertiary/aromatic N) is 1. The van der Waals surface area contributed by atoms with E-state index in [1.54, 1.807) is 5.54 Å². The van der Waals surface area contributed by atoms with E-state index in [0.717, 1.165) is 25.6 Å². The molecule has 2 nitrogen and oxygen atoms in total. The maximum absolute atomic E-state index is 5.69. The van der Waals surface area contributed by atoms with E-state index in [0.29, 0.717) is 11.6 Å². The third-order valence-corrected chi connectivity index (χ3v) is 4.44. The highest BCUT2D eigenvalue weighted by molar-refractivity contribution is 6.25. The molecule has 0 aromatic carbocycles. The van der Waals surface area contributed by atoms with Crippen LogP contribution in [0.15, 0.2) is 11.6 Å². The predicted octanol–water partition coefficient (Wildman–Crippen LogP) is 3.62. The maximum Gasteiger partial charge on any atom is 0.0304 e. The van der Waals surface area contributed by atoms with Crippen molar-refractivity contribution in [3.8, 4) is 0 Å². The molecule has 106 valence electrons. The SMILES string of the molecule is CCC1(CC)CN(C/C=C/Cl)C(CC(C)C)CN1. The second-order valence-corrected chi connectivity index (χ2v) is 6.19. The largest absolute Gasteiger partial charge is 0.308 e. The lowest BCUT2D eigenvalue weighted by molar-refractivity contribution is 0.0722. The molecule has 1 atom stereocenters. The van der Waals surface area contributed by atoms with Crippen LogP contribution in [0.1, 0.15) is 47.0 Å². The molecule has 1 rings (SSSR count). The van der Waals surface area contributed by atoms with E-state index in [4.69, 9.17) is 11.6 Å². The Kier molecular flexibility index (Phi) is 6.68. The van der Waals surface area contributed by atoms with Gasteiger partial charge in [-0.05, 0) is 25.2 Å². The Morgan fingerprint density at radius 1 is 1.39 bits per heavy atom. The van der Waals surface area contributed by atoms with Crippen LogP contribution in [0.3, 0.4) is 0 Å². The van der Waals surface area contributed by atoms with Crippen LogP contribution in [-0.4, -0.2) is 36.1 Å². The summed E-state index contributed by atoms with van der Waals surface area (Å²) in [5.74, 6) is 0.745. The fourth-order valence-electron chi connectivity index (χ4n) is 2.93. The molecule has 1 unspecified atom stereocenters. The lowest BCUT2D eigenvalue weighted by atomic mass is 9.87. The normalized spacial score (nSPS) is 25.1. The standard InChI is InChI=1S/C15H29ClN2/c1-5-15(6-2)12-18(9-7-8-16)14(11-17-15)10-13(3)4/h7-8,13-14,17H,5-6,9-12H2,1-4H3/b8-7+. The number of hydrogen-bond donors (Lipinski definition) is 1. The molecule has 0 aromatic rings. The van der Waals surface area contributed by atoms with Gasteiger partial charge in [0.25, 0.3) is 0 Å². The van der Waals surface area contributed by atoms with Gasteiger partial charge in [-0.25, -0.2) is 0 Å². The minimum atomic E-state index is 0.299. The third kappa shape index (κ3) is 4.25. The molecule has 1 aliphatic heterocycles. The molecule has 1 fully saturated rings. The van der Waals surface area contributed by atoms with Gasteiger partial charge >= 0.3 is 0 Å². The Labute approximate surface area is 118 Å². The van der Waals surface area contributed by atoms with Crippen molar-refractivity contribution in [2.75, 3.05) is 19.6 Å². The number of halogens is 1. The molecule has 0 saturated carbocycles. The summed E-state index contributed by atoms with van der Waals surface area (Å²) in [4.78, 5) is 2.60. The fraction of sp³-hybridized carbons (Fsp3) is 0.867. The second-order valence-electron chi connectivity index (χ2n) is 5.94. The molecular weight excluding hydrogens is 244 g/mol. The van der Waals surface area contributed by atoms with Crippen molar-refractivity contribution in [2.45, 2.75) is 58.5 Å². The molecule has 1 heterocycles. The first-order valence-electron chi connectivity index (χ1n) is 7.31. The van der Waals surface area contributed by atoms with E-state index in [1.165, 1.54) is 19.3 Å². The van der Waals surface area contributed by atoms with Gasteiger partial charge in [0.1, 0.15) is 0 Å². The van der Waals surface area contributed by atoms with E-state index in [-0.39, 0.29) is 0 Å². The van der Waals surface area contributed by atoms with Crippen molar-refractivity contribution in [1.82, 2.24) is 10.2 Å². The minimum absolute atomic E-state index is 0.299. The first-order chi connectivity index (χ1) is 8.56. The fourth-order valence-corrected chi connectivity index (χ4v) is 3.01. The van der Waals surface area contributed by atoms with Gasteiger partial charge in [0, 0.05) is 36.8 Å². The molecule has 0 radical (unpaired) electrons. The Bertz CT molecular complexity index is 259. The summed E-state index contributed by atoms with van der Waals surface area (Å²) < 4.78 is 0. The monoisotopic (exact) mass is 272 g/mol. The predicted molar refractivity (Wildman–Crippen MR) is 81.1 cm³/mol. The van der Waals surface area contributed by atoms with E-state index in [9.17, 15) is 0 Å². The van der Waals surface area contributed by atoms with Crippen molar-refractivity contribution in [3.05, 3.63) is 11.6 Å². The lowest BCUT2D eigenvalue weighted by Gasteiger charge is -2.47. The van der Waals surface area contributed by atoms with Crippen molar-refractivity contribution in [1.29, 1.82) is 0 Å². The van der Waals surface area contributed by atoms with Crippen LogP contribution >= 0.6 is 11.6 Å². The second kappa shape index (κ2) is 7.52. The summed E-state index contributed by atoms with van der Waals surface area (Å²) in [6.45, 7) is 12.4. The molecule has 1 N–H and O–H groups in total. The highest BCUT2D eigenvalue weighted by Crippen LogP contribution is 2.25. The van der Waals surface area contributed by atoms with Gasteiger partial charge in [-0.15, -0.1) is 0 Å². The van der Waals surface area contributed by atoms with E-state index in [2.05, 4.69) is 44.0 Å². The summed E-state index contributed by atoms with van der Waals surface area (Å²) in [5.41, 5.74) is 1.95. The average Bonchev–Trinajstić information content (AvgIpc) is 2.37. The van der Waals surface area contributed by atoms with Crippen LogP contribution in [0.2, 0.25) is 0 Å². The zero-order valence-corrected chi connectivity index (χ0v) is 13.1. The number of piperazine rings is 1. The minimum Gasteiger partial charge on any atom is -0.308 e. The van der Waals surface area contributed by atoms with Gasteiger partial charge in [0.15, 0.2) is 0 Å². The Morgan fingerprint density at radius 3 is 2.56 bits per heavy atom. The molecule has 0 aromatic heterocycles. The summed E-state index contributed by atoms with van der Waals surface area (Å²) >= 11 is 5.69. The van der Waals surface area contributed by atoms with Crippen molar-refractivity contribution in [3.63, 3.8) is 0 Å². The highest BCUT2D eigenvalue weighted by Gasteiger charge is 2.36. The average molecular weight is 273 g/mol. The Morgan fingerprint density at radius 2 is 2.06 bits per heavy atom. The summed E-state index contributed by atoms with van der Waals surface area (Å²) in [6, 6.07) is 0.643. The molecule has 0 spiro atoms. The molecule has 0 amide bonds. The van der Waals surface area contributed by atoms with Crippen molar-refractivity contribution >= 4 is 11.6 Å². The van der Waals surface area contributed by atoms with Crippen LogP contribution < -0.4 is 5.32 Å². The molecule has 1 saturated heterocycles.